The predicted octanol–water partition coefficient (Wildman–Crippen LogP) is 4.41. The van der Waals surface area contributed by atoms with Crippen molar-refractivity contribution in [3.05, 3.63) is 11.1 Å². The summed E-state index contributed by atoms with van der Waals surface area (Å²) in [6, 6.07) is 0. The number of hydrogen-bond donors (Lipinski definition) is 1. The van der Waals surface area contributed by atoms with Gasteiger partial charge >= 0.3 is 0 Å². The van der Waals surface area contributed by atoms with Crippen LogP contribution in [0.3, 0.4) is 0 Å². The molecule has 4 aliphatic carbocycles. The van der Waals surface area contributed by atoms with Crippen LogP contribution in [-0.2, 0) is 4.79 Å². The smallest absolute Gasteiger partial charge is 0.137 e. The lowest BCUT2D eigenvalue weighted by molar-refractivity contribution is -0.119. The second-order valence-corrected chi connectivity index (χ2v) is 8.64. The Bertz CT molecular complexity index is 534. The highest BCUT2D eigenvalue weighted by Gasteiger charge is 2.60. The first kappa shape index (κ1) is 14.9. The van der Waals surface area contributed by atoms with Crippen molar-refractivity contribution in [1.29, 1.82) is 0 Å². The van der Waals surface area contributed by atoms with Crippen LogP contribution in [0.5, 0.6) is 0 Å². The molecule has 0 radical (unpaired) electrons. The summed E-state index contributed by atoms with van der Waals surface area (Å²) in [4.78, 5) is 11.8. The summed E-state index contributed by atoms with van der Waals surface area (Å²) in [7, 11) is 0. The fraction of sp³-hybridized carbons (Fsp3) is 0.850. The molecule has 2 saturated carbocycles. The van der Waals surface area contributed by atoms with Gasteiger partial charge < -0.3 is 5.11 Å². The maximum absolute atomic E-state index is 11.8. The third-order valence-electron chi connectivity index (χ3n) is 8.11. The first-order chi connectivity index (χ1) is 10.5. The minimum absolute atomic E-state index is 0.130. The normalized spacial score (nSPS) is 48.0. The van der Waals surface area contributed by atoms with Crippen molar-refractivity contribution in [3.63, 3.8) is 0 Å². The van der Waals surface area contributed by atoms with Gasteiger partial charge in [-0.1, -0.05) is 25.0 Å². The number of carbonyl (C=O) groups is 1. The van der Waals surface area contributed by atoms with Crippen molar-refractivity contribution >= 4 is 5.78 Å². The maximum atomic E-state index is 11.8. The van der Waals surface area contributed by atoms with Crippen LogP contribution < -0.4 is 0 Å². The van der Waals surface area contributed by atoms with Crippen molar-refractivity contribution < 1.29 is 9.90 Å². The number of fused-ring (bicyclic) bond motifs is 4. The van der Waals surface area contributed by atoms with Crippen molar-refractivity contribution in [3.8, 4) is 0 Å². The Morgan fingerprint density at radius 3 is 2.73 bits per heavy atom. The molecule has 0 aliphatic heterocycles. The molecule has 2 heteroatoms. The Morgan fingerprint density at radius 2 is 1.95 bits per heavy atom. The van der Waals surface area contributed by atoms with E-state index < -0.39 is 5.60 Å². The molecule has 0 aromatic carbocycles. The maximum Gasteiger partial charge on any atom is 0.137 e. The Balaban J connectivity index is 1.65. The molecule has 4 aliphatic rings. The van der Waals surface area contributed by atoms with E-state index in [4.69, 9.17) is 0 Å². The SMILES string of the molecule is CC[C@]1(O)CC[C@H]2[C@@H]3CCC4=C(CCC(=O)C4)[C@H]3CC[C@@]21C. The fourth-order valence-corrected chi connectivity index (χ4v) is 6.74. The zero-order valence-corrected chi connectivity index (χ0v) is 14.2. The molecule has 0 bridgehead atoms. The number of carbonyl (C=O) groups excluding carboxylic acids is 1. The summed E-state index contributed by atoms with van der Waals surface area (Å²) in [6.45, 7) is 4.53. The van der Waals surface area contributed by atoms with Crippen molar-refractivity contribution in [2.24, 2.45) is 23.2 Å². The van der Waals surface area contributed by atoms with Crippen LogP contribution in [0.25, 0.3) is 0 Å². The van der Waals surface area contributed by atoms with E-state index >= 15 is 0 Å². The van der Waals surface area contributed by atoms with Crippen molar-refractivity contribution in [1.82, 2.24) is 0 Å². The van der Waals surface area contributed by atoms with Crippen LogP contribution >= 0.6 is 0 Å². The number of aliphatic hydroxyl groups is 1. The highest BCUT2D eigenvalue weighted by Crippen LogP contribution is 2.64. The molecule has 0 unspecified atom stereocenters. The number of allylic oxidation sites excluding steroid dienone is 2. The molecule has 5 atom stereocenters. The van der Waals surface area contributed by atoms with Crippen LogP contribution in [0.15, 0.2) is 11.1 Å². The average Bonchev–Trinajstić information content (AvgIpc) is 2.79. The second kappa shape index (κ2) is 4.93. The molecule has 122 valence electrons. The molecular formula is C20H30O2. The molecular weight excluding hydrogens is 272 g/mol. The van der Waals surface area contributed by atoms with Crippen molar-refractivity contribution in [2.45, 2.75) is 83.7 Å². The first-order valence-corrected chi connectivity index (χ1v) is 9.43. The van der Waals surface area contributed by atoms with Crippen LogP contribution in [-0.4, -0.2) is 16.5 Å². The lowest BCUT2D eigenvalue weighted by atomic mass is 9.52. The molecule has 0 aromatic heterocycles. The van der Waals surface area contributed by atoms with E-state index in [1.165, 1.54) is 31.3 Å². The summed E-state index contributed by atoms with van der Waals surface area (Å²) >= 11 is 0. The Hall–Kier alpha value is -0.630. The zero-order chi connectivity index (χ0) is 15.5. The summed E-state index contributed by atoms with van der Waals surface area (Å²) in [5.74, 6) is 2.65. The molecule has 0 amide bonds. The van der Waals surface area contributed by atoms with Crippen LogP contribution in [0.2, 0.25) is 0 Å². The number of hydrogen-bond acceptors (Lipinski definition) is 2. The molecule has 1 N–H and O–H groups in total. The predicted molar refractivity (Wildman–Crippen MR) is 87.4 cm³/mol. The molecule has 2 nitrogen and oxygen atoms in total. The van der Waals surface area contributed by atoms with Gasteiger partial charge in [-0.2, -0.15) is 0 Å². The Labute approximate surface area is 134 Å². The quantitative estimate of drug-likeness (QED) is 0.728. The van der Waals surface area contributed by atoms with E-state index in [0.29, 0.717) is 11.7 Å². The molecule has 0 aromatic rings. The summed E-state index contributed by atoms with van der Waals surface area (Å²) < 4.78 is 0. The van der Waals surface area contributed by atoms with Gasteiger partial charge in [0.15, 0.2) is 0 Å². The minimum atomic E-state index is -0.431. The summed E-state index contributed by atoms with van der Waals surface area (Å²) in [6.07, 6.45) is 10.5. The lowest BCUT2D eigenvalue weighted by Crippen LogP contribution is -2.51. The number of Topliss-reactive ketones (excluding diaryl/α,β-unsaturated/α-hetero) is 1. The fourth-order valence-electron chi connectivity index (χ4n) is 6.74. The second-order valence-electron chi connectivity index (χ2n) is 8.64. The highest BCUT2D eigenvalue weighted by atomic mass is 16.3. The third-order valence-corrected chi connectivity index (χ3v) is 8.11. The van der Waals surface area contributed by atoms with Crippen molar-refractivity contribution in [2.75, 3.05) is 0 Å². The van der Waals surface area contributed by atoms with Gasteiger partial charge in [-0.3, -0.25) is 4.79 Å². The van der Waals surface area contributed by atoms with E-state index in [2.05, 4.69) is 13.8 Å². The molecule has 0 heterocycles. The van der Waals surface area contributed by atoms with E-state index in [1.807, 2.05) is 0 Å². The molecule has 0 spiro atoms. The monoisotopic (exact) mass is 302 g/mol. The van der Waals surface area contributed by atoms with E-state index in [9.17, 15) is 9.90 Å². The largest absolute Gasteiger partial charge is 0.389 e. The Morgan fingerprint density at radius 1 is 1.14 bits per heavy atom. The molecule has 2 fully saturated rings. The minimum Gasteiger partial charge on any atom is -0.389 e. The van der Waals surface area contributed by atoms with Gasteiger partial charge in [0.05, 0.1) is 5.60 Å². The molecule has 22 heavy (non-hydrogen) atoms. The van der Waals surface area contributed by atoms with Crippen LogP contribution in [0.4, 0.5) is 0 Å². The summed E-state index contributed by atoms with van der Waals surface area (Å²) in [5, 5.41) is 11.2. The van der Waals surface area contributed by atoms with Gasteiger partial charge in [0.1, 0.15) is 5.78 Å². The number of rotatable bonds is 1. The summed E-state index contributed by atoms with van der Waals surface area (Å²) in [5.41, 5.74) is 2.88. The van der Waals surface area contributed by atoms with Gasteiger partial charge in [0, 0.05) is 12.8 Å². The highest BCUT2D eigenvalue weighted by molar-refractivity contribution is 5.82. The lowest BCUT2D eigenvalue weighted by Gasteiger charge is -2.54. The van der Waals surface area contributed by atoms with E-state index in [1.54, 1.807) is 5.57 Å². The standard InChI is InChI=1S/C20H30O2/c1-3-20(22)11-9-18-17-6-4-13-12-14(21)5-7-15(13)16(17)8-10-19(18,20)2/h16-18,22H,3-12H2,1-2H3/t16-,17-,18+,19+,20+/m1/s1. The van der Waals surface area contributed by atoms with Gasteiger partial charge in [-0.25, -0.2) is 0 Å². The van der Waals surface area contributed by atoms with Crippen LogP contribution in [0, 0.1) is 23.2 Å². The zero-order valence-electron chi connectivity index (χ0n) is 14.2. The topological polar surface area (TPSA) is 37.3 Å². The van der Waals surface area contributed by atoms with E-state index in [-0.39, 0.29) is 5.41 Å². The van der Waals surface area contributed by atoms with Crippen LogP contribution in [0.1, 0.15) is 78.1 Å². The van der Waals surface area contributed by atoms with Gasteiger partial charge in [0.25, 0.3) is 0 Å². The average molecular weight is 302 g/mol. The Kier molecular flexibility index (Phi) is 3.35. The molecule has 4 rings (SSSR count). The van der Waals surface area contributed by atoms with Gasteiger partial charge in [-0.15, -0.1) is 0 Å². The van der Waals surface area contributed by atoms with Gasteiger partial charge in [-0.05, 0) is 74.5 Å². The number of ketones is 1. The van der Waals surface area contributed by atoms with E-state index in [0.717, 1.165) is 50.4 Å². The molecule has 0 saturated heterocycles. The third kappa shape index (κ3) is 1.85. The first-order valence-electron chi connectivity index (χ1n) is 9.43. The van der Waals surface area contributed by atoms with Gasteiger partial charge in [0.2, 0.25) is 0 Å².